The number of nitrogens with one attached hydrogen (secondary N) is 2. The van der Waals surface area contributed by atoms with E-state index in [2.05, 4.69) is 15.6 Å². The highest BCUT2D eigenvalue weighted by Gasteiger charge is 2.27. The Bertz CT molecular complexity index is 667. The van der Waals surface area contributed by atoms with E-state index in [1.807, 2.05) is 6.92 Å². The summed E-state index contributed by atoms with van der Waals surface area (Å²) in [6.07, 6.45) is 0.729. The van der Waals surface area contributed by atoms with Crippen molar-refractivity contribution in [1.29, 1.82) is 0 Å². The molecule has 0 aliphatic carbocycles. The Hall–Kier alpha value is -2.18. The number of carbonyl (C=O) groups is 1. The fraction of sp³-hybridized carbons (Fsp3) is 0.429. The van der Waals surface area contributed by atoms with Gasteiger partial charge in [-0.3, -0.25) is 9.36 Å². The van der Waals surface area contributed by atoms with E-state index in [1.54, 1.807) is 26.1 Å². The van der Waals surface area contributed by atoms with Crippen molar-refractivity contribution in [1.82, 2.24) is 14.9 Å². The van der Waals surface area contributed by atoms with E-state index >= 15 is 0 Å². The van der Waals surface area contributed by atoms with Crippen molar-refractivity contribution in [3.05, 3.63) is 23.5 Å². The number of pyridine rings is 1. The summed E-state index contributed by atoms with van der Waals surface area (Å²) < 4.78 is 27.6. The Morgan fingerprint density at radius 2 is 2.14 bits per heavy atom. The van der Waals surface area contributed by atoms with Crippen molar-refractivity contribution >= 4 is 22.6 Å². The SMILES string of the molecule is CCCNC(=O)c1c(NC)c2ccc(C)nc2n1C(F)F. The van der Waals surface area contributed by atoms with E-state index in [0.29, 0.717) is 27.9 Å². The normalized spacial score (nSPS) is 11.1. The first-order valence-electron chi connectivity index (χ1n) is 6.76. The summed E-state index contributed by atoms with van der Waals surface area (Å²) in [5, 5.41) is 5.97. The molecule has 0 bridgehead atoms. The molecule has 7 heteroatoms. The van der Waals surface area contributed by atoms with Crippen LogP contribution in [0.25, 0.3) is 11.0 Å². The maximum atomic E-state index is 13.4. The molecule has 0 aromatic carbocycles. The zero-order valence-corrected chi connectivity index (χ0v) is 12.2. The zero-order valence-electron chi connectivity index (χ0n) is 12.2. The van der Waals surface area contributed by atoms with Gasteiger partial charge in [-0.25, -0.2) is 4.98 Å². The Morgan fingerprint density at radius 1 is 1.43 bits per heavy atom. The van der Waals surface area contributed by atoms with Gasteiger partial charge in [-0.05, 0) is 25.5 Å². The molecule has 1 amide bonds. The molecular weight excluding hydrogens is 278 g/mol. The number of hydrogen-bond donors (Lipinski definition) is 2. The third-order valence-electron chi connectivity index (χ3n) is 3.19. The lowest BCUT2D eigenvalue weighted by Gasteiger charge is -2.10. The lowest BCUT2D eigenvalue weighted by Crippen LogP contribution is -2.27. The first kappa shape index (κ1) is 15.2. The minimum Gasteiger partial charge on any atom is -0.386 e. The number of aryl methyl sites for hydroxylation is 1. The number of amides is 1. The summed E-state index contributed by atoms with van der Waals surface area (Å²) >= 11 is 0. The second-order valence-corrected chi connectivity index (χ2v) is 4.70. The molecule has 2 aromatic heterocycles. The van der Waals surface area contributed by atoms with Gasteiger partial charge in [-0.1, -0.05) is 6.92 Å². The average Bonchev–Trinajstić information content (AvgIpc) is 2.78. The fourth-order valence-electron chi connectivity index (χ4n) is 2.26. The number of carbonyl (C=O) groups excluding carboxylic acids is 1. The molecule has 0 aliphatic heterocycles. The number of hydrogen-bond acceptors (Lipinski definition) is 3. The van der Waals surface area contributed by atoms with Gasteiger partial charge in [0, 0.05) is 24.7 Å². The van der Waals surface area contributed by atoms with Gasteiger partial charge in [0.2, 0.25) is 0 Å². The van der Waals surface area contributed by atoms with E-state index in [4.69, 9.17) is 0 Å². The number of halogens is 2. The predicted molar refractivity (Wildman–Crippen MR) is 77.9 cm³/mol. The van der Waals surface area contributed by atoms with Gasteiger partial charge in [0.05, 0.1) is 5.69 Å². The predicted octanol–water partition coefficient (Wildman–Crippen LogP) is 2.92. The van der Waals surface area contributed by atoms with Gasteiger partial charge in [0.1, 0.15) is 11.3 Å². The Kier molecular flexibility index (Phi) is 4.40. The molecule has 0 atom stereocenters. The van der Waals surface area contributed by atoms with Crippen LogP contribution in [0.3, 0.4) is 0 Å². The van der Waals surface area contributed by atoms with E-state index in [0.717, 1.165) is 6.42 Å². The number of anilines is 1. The standard InChI is InChI=1S/C14H18F2N4O/c1-4-7-18-13(21)11-10(17-3)9-6-5-8(2)19-12(9)20(11)14(15)16/h5-6,14,17H,4,7H2,1-3H3,(H,18,21). The van der Waals surface area contributed by atoms with Crippen molar-refractivity contribution in [2.75, 3.05) is 18.9 Å². The van der Waals surface area contributed by atoms with Crippen LogP contribution in [0.2, 0.25) is 0 Å². The quantitative estimate of drug-likeness (QED) is 0.892. The summed E-state index contributed by atoms with van der Waals surface area (Å²) in [6, 6.07) is 3.42. The molecule has 0 unspecified atom stereocenters. The molecule has 2 heterocycles. The van der Waals surface area contributed by atoms with Crippen LogP contribution in [0.4, 0.5) is 14.5 Å². The molecular formula is C14H18F2N4O. The van der Waals surface area contributed by atoms with Gasteiger partial charge >= 0.3 is 6.55 Å². The molecule has 0 saturated heterocycles. The van der Waals surface area contributed by atoms with Crippen LogP contribution in [0.15, 0.2) is 12.1 Å². The van der Waals surface area contributed by atoms with Crippen LogP contribution >= 0.6 is 0 Å². The molecule has 0 saturated carbocycles. The summed E-state index contributed by atoms with van der Waals surface area (Å²) in [7, 11) is 1.60. The van der Waals surface area contributed by atoms with Crippen LogP contribution in [-0.4, -0.2) is 29.1 Å². The van der Waals surface area contributed by atoms with Crippen LogP contribution < -0.4 is 10.6 Å². The number of aromatic nitrogens is 2. The maximum Gasteiger partial charge on any atom is 0.320 e. The zero-order chi connectivity index (χ0) is 15.6. The topological polar surface area (TPSA) is 59.0 Å². The van der Waals surface area contributed by atoms with Crippen molar-refractivity contribution in [3.8, 4) is 0 Å². The van der Waals surface area contributed by atoms with E-state index in [9.17, 15) is 13.6 Å². The highest BCUT2D eigenvalue weighted by atomic mass is 19.3. The summed E-state index contributed by atoms with van der Waals surface area (Å²) in [4.78, 5) is 16.4. The molecule has 0 fully saturated rings. The minimum absolute atomic E-state index is 0.0888. The van der Waals surface area contributed by atoms with Crippen molar-refractivity contribution in [3.63, 3.8) is 0 Å². The van der Waals surface area contributed by atoms with Crippen molar-refractivity contribution in [2.24, 2.45) is 0 Å². The number of fused-ring (bicyclic) bond motifs is 1. The van der Waals surface area contributed by atoms with Gasteiger partial charge in [-0.15, -0.1) is 0 Å². The third kappa shape index (κ3) is 2.68. The maximum absolute atomic E-state index is 13.4. The minimum atomic E-state index is -2.84. The van der Waals surface area contributed by atoms with Crippen molar-refractivity contribution < 1.29 is 13.6 Å². The molecule has 0 radical (unpaired) electrons. The van der Waals surface area contributed by atoms with Gasteiger partial charge in [-0.2, -0.15) is 8.78 Å². The lowest BCUT2D eigenvalue weighted by molar-refractivity contribution is 0.0670. The molecule has 5 nitrogen and oxygen atoms in total. The molecule has 0 aliphatic rings. The first-order chi connectivity index (χ1) is 10.0. The Morgan fingerprint density at radius 3 is 2.71 bits per heavy atom. The van der Waals surface area contributed by atoms with Crippen LogP contribution in [0.1, 0.15) is 36.1 Å². The Balaban J connectivity index is 2.71. The molecule has 0 spiro atoms. The summed E-state index contributed by atoms with van der Waals surface area (Å²) in [5.41, 5.74) is 1.00. The molecule has 114 valence electrons. The fourth-order valence-corrected chi connectivity index (χ4v) is 2.26. The Labute approximate surface area is 121 Å². The second-order valence-electron chi connectivity index (χ2n) is 4.70. The van der Waals surface area contributed by atoms with Gasteiger partial charge < -0.3 is 10.6 Å². The number of alkyl halides is 2. The van der Waals surface area contributed by atoms with E-state index < -0.39 is 12.5 Å². The van der Waals surface area contributed by atoms with Crippen LogP contribution in [0.5, 0.6) is 0 Å². The summed E-state index contributed by atoms with van der Waals surface area (Å²) in [6.45, 7) is 1.20. The van der Waals surface area contributed by atoms with Crippen LogP contribution in [0, 0.1) is 6.92 Å². The van der Waals surface area contributed by atoms with Crippen LogP contribution in [-0.2, 0) is 0 Å². The lowest BCUT2D eigenvalue weighted by atomic mass is 10.2. The number of nitrogens with zero attached hydrogens (tertiary/aromatic N) is 2. The molecule has 21 heavy (non-hydrogen) atoms. The van der Waals surface area contributed by atoms with Gasteiger partial charge in [0.15, 0.2) is 0 Å². The summed E-state index contributed by atoms with van der Waals surface area (Å²) in [5.74, 6) is -0.530. The monoisotopic (exact) mass is 296 g/mol. The largest absolute Gasteiger partial charge is 0.386 e. The third-order valence-corrected chi connectivity index (χ3v) is 3.19. The molecule has 2 rings (SSSR count). The van der Waals surface area contributed by atoms with E-state index in [-0.39, 0.29) is 11.3 Å². The van der Waals surface area contributed by atoms with Gasteiger partial charge in [0.25, 0.3) is 5.91 Å². The van der Waals surface area contributed by atoms with E-state index in [1.165, 1.54) is 0 Å². The molecule has 2 N–H and O–H groups in total. The van der Waals surface area contributed by atoms with Crippen molar-refractivity contribution in [2.45, 2.75) is 26.8 Å². The highest BCUT2D eigenvalue weighted by Crippen LogP contribution is 2.33. The second kappa shape index (κ2) is 6.07. The number of rotatable bonds is 5. The smallest absolute Gasteiger partial charge is 0.320 e. The average molecular weight is 296 g/mol. The highest BCUT2D eigenvalue weighted by molar-refractivity contribution is 6.08. The molecule has 2 aromatic rings. The first-order valence-corrected chi connectivity index (χ1v) is 6.76.